The van der Waals surface area contributed by atoms with Gasteiger partial charge in [-0.3, -0.25) is 9.69 Å². The Bertz CT molecular complexity index is 519. The van der Waals surface area contributed by atoms with Crippen LogP contribution in [0.5, 0.6) is 0 Å². The summed E-state index contributed by atoms with van der Waals surface area (Å²) in [4.78, 5) is 16.6. The van der Waals surface area contributed by atoms with E-state index in [0.717, 1.165) is 25.9 Å². The Labute approximate surface area is 132 Å². The maximum absolute atomic E-state index is 13.5. The van der Waals surface area contributed by atoms with Crippen molar-refractivity contribution in [3.63, 3.8) is 0 Å². The van der Waals surface area contributed by atoms with Gasteiger partial charge in [0.2, 0.25) is 5.91 Å². The first kappa shape index (κ1) is 16.9. The summed E-state index contributed by atoms with van der Waals surface area (Å²) < 4.78 is 13.5. The molecule has 1 N–H and O–H groups in total. The highest BCUT2D eigenvalue weighted by Crippen LogP contribution is 2.16. The highest BCUT2D eigenvalue weighted by Gasteiger charge is 2.19. The van der Waals surface area contributed by atoms with Crippen molar-refractivity contribution in [2.45, 2.75) is 32.2 Å². The molecular formula is C17H26FN3O. The predicted molar refractivity (Wildman–Crippen MR) is 87.5 cm³/mol. The van der Waals surface area contributed by atoms with Gasteiger partial charge >= 0.3 is 0 Å². The lowest BCUT2D eigenvalue weighted by Gasteiger charge is -2.23. The van der Waals surface area contributed by atoms with E-state index in [2.05, 4.69) is 29.2 Å². The molecule has 1 atom stereocenters. The fraction of sp³-hybridized carbons (Fsp3) is 0.588. The molecule has 1 saturated heterocycles. The van der Waals surface area contributed by atoms with Gasteiger partial charge in [0.1, 0.15) is 5.82 Å². The Morgan fingerprint density at radius 1 is 1.36 bits per heavy atom. The van der Waals surface area contributed by atoms with Crippen LogP contribution in [-0.2, 0) is 4.79 Å². The van der Waals surface area contributed by atoms with Crippen LogP contribution in [0, 0.1) is 12.7 Å². The third kappa shape index (κ3) is 4.78. The minimum Gasteiger partial charge on any atom is -0.325 e. The molecule has 1 aliphatic heterocycles. The molecular weight excluding hydrogens is 281 g/mol. The minimum atomic E-state index is -0.290. The molecule has 0 aliphatic carbocycles. The number of amides is 1. The SMILES string of the molecule is Cc1ccc(NC(=O)CN2CCC[C@H](N(C)C)CC2)cc1F. The Balaban J connectivity index is 1.85. The second-order valence-corrected chi connectivity index (χ2v) is 6.34. The van der Waals surface area contributed by atoms with Crippen molar-refractivity contribution in [3.05, 3.63) is 29.6 Å². The number of rotatable bonds is 4. The molecule has 1 aliphatic rings. The topological polar surface area (TPSA) is 35.6 Å². The number of aryl methyl sites for hydroxylation is 1. The van der Waals surface area contributed by atoms with Gasteiger partial charge in [0.15, 0.2) is 0 Å². The highest BCUT2D eigenvalue weighted by atomic mass is 19.1. The van der Waals surface area contributed by atoms with Crippen LogP contribution in [0.1, 0.15) is 24.8 Å². The summed E-state index contributed by atoms with van der Waals surface area (Å²) in [5, 5.41) is 2.78. The van der Waals surface area contributed by atoms with Crippen LogP contribution >= 0.6 is 0 Å². The third-order valence-electron chi connectivity index (χ3n) is 4.34. The lowest BCUT2D eigenvalue weighted by molar-refractivity contribution is -0.117. The minimum absolute atomic E-state index is 0.0773. The molecule has 0 bridgehead atoms. The Hall–Kier alpha value is -1.46. The average Bonchev–Trinajstić information content (AvgIpc) is 2.68. The summed E-state index contributed by atoms with van der Waals surface area (Å²) in [6, 6.07) is 5.39. The maximum Gasteiger partial charge on any atom is 0.238 e. The van der Waals surface area contributed by atoms with Crippen LogP contribution in [0.25, 0.3) is 0 Å². The van der Waals surface area contributed by atoms with E-state index in [1.807, 2.05) is 0 Å². The summed E-state index contributed by atoms with van der Waals surface area (Å²) in [5.41, 5.74) is 1.11. The van der Waals surface area contributed by atoms with Crippen LogP contribution in [0.15, 0.2) is 18.2 Å². The third-order valence-corrected chi connectivity index (χ3v) is 4.34. The molecule has 0 radical (unpaired) electrons. The smallest absolute Gasteiger partial charge is 0.238 e. The standard InChI is InChI=1S/C17H26FN3O/c1-13-6-7-14(11-16(13)18)19-17(22)12-21-9-4-5-15(8-10-21)20(2)3/h6-7,11,15H,4-5,8-10,12H2,1-3H3,(H,19,22)/t15-/m0/s1. The number of anilines is 1. The Morgan fingerprint density at radius 2 is 2.14 bits per heavy atom. The van der Waals surface area contributed by atoms with Gasteiger partial charge in [0.05, 0.1) is 6.54 Å². The number of benzene rings is 1. The summed E-state index contributed by atoms with van der Waals surface area (Å²) in [6.45, 7) is 3.95. The van der Waals surface area contributed by atoms with E-state index in [-0.39, 0.29) is 11.7 Å². The number of carbonyl (C=O) groups excluding carboxylic acids is 1. The molecule has 0 unspecified atom stereocenters. The summed E-state index contributed by atoms with van der Waals surface area (Å²) in [7, 11) is 4.22. The normalized spacial score (nSPS) is 20.0. The van der Waals surface area contributed by atoms with E-state index in [4.69, 9.17) is 0 Å². The first-order valence-corrected chi connectivity index (χ1v) is 7.90. The van der Waals surface area contributed by atoms with Crippen molar-refractivity contribution in [2.24, 2.45) is 0 Å². The first-order chi connectivity index (χ1) is 10.5. The molecule has 22 heavy (non-hydrogen) atoms. The molecule has 1 amide bonds. The van der Waals surface area contributed by atoms with Gasteiger partial charge in [-0.1, -0.05) is 6.07 Å². The zero-order valence-corrected chi connectivity index (χ0v) is 13.7. The lowest BCUT2D eigenvalue weighted by Crippen LogP contribution is -2.35. The first-order valence-electron chi connectivity index (χ1n) is 7.90. The summed E-state index contributed by atoms with van der Waals surface area (Å²) in [6.07, 6.45) is 3.36. The van der Waals surface area contributed by atoms with Crippen LogP contribution < -0.4 is 5.32 Å². The number of halogens is 1. The van der Waals surface area contributed by atoms with Crippen molar-refractivity contribution in [1.82, 2.24) is 9.80 Å². The predicted octanol–water partition coefficient (Wildman–Crippen LogP) is 2.49. The van der Waals surface area contributed by atoms with E-state index in [1.165, 1.54) is 12.5 Å². The molecule has 1 heterocycles. The zero-order valence-electron chi connectivity index (χ0n) is 13.7. The van der Waals surface area contributed by atoms with Gasteiger partial charge in [-0.2, -0.15) is 0 Å². The maximum atomic E-state index is 13.5. The molecule has 2 rings (SSSR count). The quantitative estimate of drug-likeness (QED) is 0.928. The fourth-order valence-corrected chi connectivity index (χ4v) is 2.89. The number of carbonyl (C=O) groups is 1. The monoisotopic (exact) mass is 307 g/mol. The average molecular weight is 307 g/mol. The Morgan fingerprint density at radius 3 is 2.82 bits per heavy atom. The number of likely N-dealkylation sites (tertiary alicyclic amines) is 1. The van der Waals surface area contributed by atoms with Crippen molar-refractivity contribution >= 4 is 11.6 Å². The number of hydrogen-bond donors (Lipinski definition) is 1. The second kappa shape index (κ2) is 7.70. The summed E-state index contributed by atoms with van der Waals surface area (Å²) >= 11 is 0. The van der Waals surface area contributed by atoms with Crippen molar-refractivity contribution in [3.8, 4) is 0 Å². The van der Waals surface area contributed by atoms with Crippen LogP contribution in [0.3, 0.4) is 0 Å². The van der Waals surface area contributed by atoms with Crippen LogP contribution in [0.2, 0.25) is 0 Å². The molecule has 0 spiro atoms. The van der Waals surface area contributed by atoms with Gasteiger partial charge in [-0.05, 0) is 64.5 Å². The molecule has 0 aromatic heterocycles. The Kier molecular flexibility index (Phi) is 5.91. The highest BCUT2D eigenvalue weighted by molar-refractivity contribution is 5.92. The molecule has 1 fully saturated rings. The van der Waals surface area contributed by atoms with E-state index >= 15 is 0 Å². The van der Waals surface area contributed by atoms with Crippen molar-refractivity contribution < 1.29 is 9.18 Å². The lowest BCUT2D eigenvalue weighted by atomic mass is 10.1. The van der Waals surface area contributed by atoms with Crippen molar-refractivity contribution in [2.75, 3.05) is 39.0 Å². The van der Waals surface area contributed by atoms with Gasteiger partial charge in [0, 0.05) is 18.3 Å². The largest absolute Gasteiger partial charge is 0.325 e. The molecule has 0 saturated carbocycles. The number of nitrogens with zero attached hydrogens (tertiary/aromatic N) is 2. The second-order valence-electron chi connectivity index (χ2n) is 6.34. The van der Waals surface area contributed by atoms with E-state index in [0.29, 0.717) is 23.8 Å². The fourth-order valence-electron chi connectivity index (χ4n) is 2.89. The molecule has 1 aromatic carbocycles. The van der Waals surface area contributed by atoms with Crippen LogP contribution in [0.4, 0.5) is 10.1 Å². The van der Waals surface area contributed by atoms with Gasteiger partial charge < -0.3 is 10.2 Å². The summed E-state index contributed by atoms with van der Waals surface area (Å²) in [5.74, 6) is -0.368. The molecule has 5 heteroatoms. The zero-order chi connectivity index (χ0) is 16.1. The van der Waals surface area contributed by atoms with Crippen LogP contribution in [-0.4, -0.2) is 55.5 Å². The van der Waals surface area contributed by atoms with Gasteiger partial charge in [-0.25, -0.2) is 4.39 Å². The number of hydrogen-bond acceptors (Lipinski definition) is 3. The molecule has 122 valence electrons. The van der Waals surface area contributed by atoms with E-state index in [1.54, 1.807) is 19.1 Å². The molecule has 4 nitrogen and oxygen atoms in total. The van der Waals surface area contributed by atoms with E-state index in [9.17, 15) is 9.18 Å². The van der Waals surface area contributed by atoms with Gasteiger partial charge in [0.25, 0.3) is 0 Å². The number of nitrogens with one attached hydrogen (secondary N) is 1. The molecule has 1 aromatic rings. The van der Waals surface area contributed by atoms with E-state index < -0.39 is 0 Å². The van der Waals surface area contributed by atoms with Crippen molar-refractivity contribution in [1.29, 1.82) is 0 Å². The van der Waals surface area contributed by atoms with Gasteiger partial charge in [-0.15, -0.1) is 0 Å².